The molecule has 0 bridgehead atoms. The summed E-state index contributed by atoms with van der Waals surface area (Å²) in [5.74, 6) is 1.82. The smallest absolute Gasteiger partial charge is 0.222 e. The number of methoxy groups -OCH3 is 1. The van der Waals surface area contributed by atoms with Crippen molar-refractivity contribution in [3.8, 4) is 5.75 Å². The fraction of sp³-hybridized carbons (Fsp3) is 0.571. The molecule has 4 rings (SSSR count). The molecule has 9 heteroatoms. The molecule has 0 saturated carbocycles. The third-order valence-corrected chi connectivity index (χ3v) is 7.51. The van der Waals surface area contributed by atoms with Crippen LogP contribution in [0.1, 0.15) is 51.2 Å². The van der Waals surface area contributed by atoms with Gasteiger partial charge in [-0.1, -0.05) is 25.5 Å². The molecule has 2 aromatic heterocycles. The minimum absolute atomic E-state index is 0.117. The molecule has 1 fully saturated rings. The number of ether oxygens (including phenoxy) is 1. The molecular formula is C28H43N7O2. The monoisotopic (exact) mass is 509 g/mol. The number of aliphatic hydroxyl groups excluding tert-OH is 1. The Morgan fingerprint density at radius 1 is 1.19 bits per heavy atom. The summed E-state index contributed by atoms with van der Waals surface area (Å²) in [4.78, 5) is 13.9. The lowest BCUT2D eigenvalue weighted by atomic mass is 10.0. The van der Waals surface area contributed by atoms with E-state index in [0.29, 0.717) is 30.9 Å². The lowest BCUT2D eigenvalue weighted by Crippen LogP contribution is -2.59. The molecule has 1 saturated heterocycles. The van der Waals surface area contributed by atoms with E-state index in [1.165, 1.54) is 5.56 Å². The van der Waals surface area contributed by atoms with Gasteiger partial charge in [0.05, 0.1) is 19.2 Å². The minimum Gasteiger partial charge on any atom is -0.496 e. The van der Waals surface area contributed by atoms with E-state index in [-0.39, 0.29) is 18.6 Å². The van der Waals surface area contributed by atoms with Crippen molar-refractivity contribution in [3.63, 3.8) is 0 Å². The predicted octanol–water partition coefficient (Wildman–Crippen LogP) is 3.56. The van der Waals surface area contributed by atoms with Gasteiger partial charge in [0.15, 0.2) is 5.82 Å². The number of likely N-dealkylation sites (N-methyl/N-ethyl adjacent to an activating group) is 1. The van der Waals surface area contributed by atoms with Crippen molar-refractivity contribution < 1.29 is 9.84 Å². The molecule has 3 heterocycles. The molecular weight excluding hydrogens is 466 g/mol. The summed E-state index contributed by atoms with van der Waals surface area (Å²) in [5, 5.41) is 13.0. The van der Waals surface area contributed by atoms with Crippen LogP contribution in [-0.4, -0.2) is 81.4 Å². The topological polar surface area (TPSA) is 105 Å². The van der Waals surface area contributed by atoms with Gasteiger partial charge in [-0.05, 0) is 51.4 Å². The number of nitrogens with one attached hydrogen (secondary N) is 1. The van der Waals surface area contributed by atoms with Crippen molar-refractivity contribution >= 4 is 22.8 Å². The average molecular weight is 510 g/mol. The SMILES string of the molecule is CCCC(CCO)Nc1nc(N)nc2ccn(Cc3ccc(CN4CC(N(C)C(C)C)C4)cc3OC)c12. The number of fused-ring (bicyclic) bond motifs is 1. The first-order chi connectivity index (χ1) is 17.8. The predicted molar refractivity (Wildman–Crippen MR) is 150 cm³/mol. The number of anilines is 2. The third-order valence-electron chi connectivity index (χ3n) is 7.51. The zero-order chi connectivity index (χ0) is 26.5. The molecule has 0 spiro atoms. The molecule has 1 unspecified atom stereocenters. The average Bonchev–Trinajstić information content (AvgIpc) is 3.24. The normalized spacial score (nSPS) is 15.5. The molecule has 9 nitrogen and oxygen atoms in total. The quantitative estimate of drug-likeness (QED) is 0.321. The molecule has 37 heavy (non-hydrogen) atoms. The van der Waals surface area contributed by atoms with Gasteiger partial charge in [-0.2, -0.15) is 4.98 Å². The van der Waals surface area contributed by atoms with E-state index < -0.39 is 0 Å². The lowest BCUT2D eigenvalue weighted by Gasteiger charge is -2.45. The summed E-state index contributed by atoms with van der Waals surface area (Å²) in [6.45, 7) is 10.5. The van der Waals surface area contributed by atoms with E-state index >= 15 is 0 Å². The van der Waals surface area contributed by atoms with Crippen LogP contribution < -0.4 is 15.8 Å². The number of likely N-dealkylation sites (tertiary alicyclic amines) is 1. The number of hydrogen-bond donors (Lipinski definition) is 3. The number of nitrogens with zero attached hydrogens (tertiary/aromatic N) is 5. The maximum absolute atomic E-state index is 9.51. The molecule has 202 valence electrons. The standard InChI is InChI=1S/C28H43N7O2/c1-6-7-22(11-13-36)30-27-26-24(31-28(29)32-27)10-12-35(26)16-21-9-8-20(14-25(21)37-5)15-34-17-23(18-34)33(4)19(2)3/h8-10,12,14,19,22-23,36H,6-7,11,13,15-18H2,1-5H3,(H3,29,30,31,32). The number of nitrogen functional groups attached to an aromatic ring is 1. The summed E-state index contributed by atoms with van der Waals surface area (Å²) < 4.78 is 7.95. The summed E-state index contributed by atoms with van der Waals surface area (Å²) in [6, 6.07) is 9.81. The molecule has 4 N–H and O–H groups in total. The van der Waals surface area contributed by atoms with Gasteiger partial charge in [0.1, 0.15) is 11.3 Å². The first-order valence-electron chi connectivity index (χ1n) is 13.4. The Morgan fingerprint density at radius 3 is 2.65 bits per heavy atom. The molecule has 1 aliphatic heterocycles. The zero-order valence-corrected chi connectivity index (χ0v) is 22.9. The van der Waals surface area contributed by atoms with Crippen LogP contribution in [0.2, 0.25) is 0 Å². The second kappa shape index (κ2) is 12.1. The van der Waals surface area contributed by atoms with Crippen LogP contribution in [0.5, 0.6) is 5.75 Å². The first-order valence-corrected chi connectivity index (χ1v) is 13.4. The maximum Gasteiger partial charge on any atom is 0.222 e. The summed E-state index contributed by atoms with van der Waals surface area (Å²) in [7, 11) is 3.95. The van der Waals surface area contributed by atoms with E-state index in [9.17, 15) is 5.11 Å². The lowest BCUT2D eigenvalue weighted by molar-refractivity contribution is 0.0279. The highest BCUT2D eigenvalue weighted by Crippen LogP contribution is 2.29. The van der Waals surface area contributed by atoms with Gasteiger partial charge in [-0.15, -0.1) is 0 Å². The van der Waals surface area contributed by atoms with Gasteiger partial charge < -0.3 is 25.5 Å². The molecule has 1 atom stereocenters. The van der Waals surface area contributed by atoms with Gasteiger partial charge in [0, 0.05) is 56.1 Å². The zero-order valence-electron chi connectivity index (χ0n) is 22.9. The van der Waals surface area contributed by atoms with Crippen molar-refractivity contribution in [3.05, 3.63) is 41.6 Å². The van der Waals surface area contributed by atoms with E-state index in [1.807, 2.05) is 12.3 Å². The van der Waals surface area contributed by atoms with Gasteiger partial charge in [-0.25, -0.2) is 4.98 Å². The second-order valence-electron chi connectivity index (χ2n) is 10.5. The van der Waals surface area contributed by atoms with E-state index in [4.69, 9.17) is 10.5 Å². The van der Waals surface area contributed by atoms with Crippen molar-refractivity contribution in [1.82, 2.24) is 24.3 Å². The summed E-state index contributed by atoms with van der Waals surface area (Å²) in [6.07, 6.45) is 4.62. The van der Waals surface area contributed by atoms with Gasteiger partial charge in [0.2, 0.25) is 5.95 Å². The Kier molecular flexibility index (Phi) is 8.89. The highest BCUT2D eigenvalue weighted by Gasteiger charge is 2.30. The van der Waals surface area contributed by atoms with Crippen LogP contribution in [0.3, 0.4) is 0 Å². The maximum atomic E-state index is 9.51. The Bertz CT molecular complexity index is 1170. The molecule has 0 amide bonds. The van der Waals surface area contributed by atoms with Crippen molar-refractivity contribution in [2.75, 3.05) is 44.9 Å². The number of hydrogen-bond acceptors (Lipinski definition) is 8. The van der Waals surface area contributed by atoms with E-state index in [0.717, 1.165) is 54.8 Å². The fourth-order valence-corrected chi connectivity index (χ4v) is 5.15. The molecule has 3 aromatic rings. The summed E-state index contributed by atoms with van der Waals surface area (Å²) in [5.41, 5.74) is 10.1. The van der Waals surface area contributed by atoms with Crippen LogP contribution in [0.25, 0.3) is 11.0 Å². The number of rotatable bonds is 13. The number of benzene rings is 1. The van der Waals surface area contributed by atoms with Crippen LogP contribution in [0.4, 0.5) is 11.8 Å². The molecule has 1 aromatic carbocycles. The van der Waals surface area contributed by atoms with Crippen molar-refractivity contribution in [1.29, 1.82) is 0 Å². The number of nitrogens with two attached hydrogens (primary N) is 1. The Balaban J connectivity index is 1.52. The van der Waals surface area contributed by atoms with Crippen molar-refractivity contribution in [2.45, 2.75) is 71.2 Å². The Hall–Kier alpha value is -2.88. The first kappa shape index (κ1) is 27.2. The van der Waals surface area contributed by atoms with Gasteiger partial charge in [0.25, 0.3) is 0 Å². The van der Waals surface area contributed by atoms with Crippen LogP contribution in [0.15, 0.2) is 30.5 Å². The molecule has 0 aliphatic carbocycles. The van der Waals surface area contributed by atoms with Crippen LogP contribution >= 0.6 is 0 Å². The van der Waals surface area contributed by atoms with Crippen LogP contribution in [0, 0.1) is 0 Å². The second-order valence-corrected chi connectivity index (χ2v) is 10.5. The highest BCUT2D eigenvalue weighted by molar-refractivity contribution is 5.87. The summed E-state index contributed by atoms with van der Waals surface area (Å²) >= 11 is 0. The van der Waals surface area contributed by atoms with Crippen LogP contribution in [-0.2, 0) is 13.1 Å². The molecule has 0 radical (unpaired) electrons. The van der Waals surface area contributed by atoms with E-state index in [2.05, 4.69) is 75.7 Å². The van der Waals surface area contributed by atoms with Gasteiger partial charge >= 0.3 is 0 Å². The fourth-order valence-electron chi connectivity index (χ4n) is 5.15. The molecule has 1 aliphatic rings. The van der Waals surface area contributed by atoms with E-state index in [1.54, 1.807) is 7.11 Å². The minimum atomic E-state index is 0.117. The van der Waals surface area contributed by atoms with Crippen molar-refractivity contribution in [2.24, 2.45) is 0 Å². The number of aliphatic hydroxyl groups is 1. The van der Waals surface area contributed by atoms with Gasteiger partial charge in [-0.3, -0.25) is 9.80 Å². The number of aromatic nitrogens is 3. The third kappa shape index (κ3) is 6.34. The Morgan fingerprint density at radius 2 is 1.97 bits per heavy atom. The highest BCUT2D eigenvalue weighted by atomic mass is 16.5. The largest absolute Gasteiger partial charge is 0.496 e. The Labute approximate surface area is 220 Å².